The van der Waals surface area contributed by atoms with Gasteiger partial charge in [0.2, 0.25) is 5.89 Å². The van der Waals surface area contributed by atoms with E-state index in [9.17, 15) is 8.42 Å². The number of aromatic nitrogens is 2. The third kappa shape index (κ3) is 3.30. The lowest BCUT2D eigenvalue weighted by Crippen LogP contribution is -2.25. The molecule has 2 aliphatic rings. The molecule has 21 heavy (non-hydrogen) atoms. The van der Waals surface area contributed by atoms with Crippen LogP contribution in [0.2, 0.25) is 0 Å². The number of hydrogen-bond acceptors (Lipinski definition) is 5. The average Bonchev–Trinajstić information content (AvgIpc) is 2.88. The molecule has 1 unspecified atom stereocenters. The standard InChI is InChI=1S/C15H24N2O3S/c1-14(2,3)5-4-12-16-13(20-17-12)11-10-15(11)6-8-21(18,19)9-7-15/h11H,4-10H2,1-3H3. The molecule has 1 aliphatic heterocycles. The summed E-state index contributed by atoms with van der Waals surface area (Å²) >= 11 is 0. The predicted octanol–water partition coefficient (Wildman–Crippen LogP) is 2.73. The van der Waals surface area contributed by atoms with E-state index >= 15 is 0 Å². The Balaban J connectivity index is 1.61. The molecule has 1 atom stereocenters. The summed E-state index contributed by atoms with van der Waals surface area (Å²) in [6.45, 7) is 6.60. The Morgan fingerprint density at radius 3 is 2.57 bits per heavy atom. The van der Waals surface area contributed by atoms with E-state index in [0.717, 1.165) is 43.8 Å². The molecule has 1 spiro atoms. The second kappa shape index (κ2) is 4.80. The Morgan fingerprint density at radius 1 is 1.29 bits per heavy atom. The first-order chi connectivity index (χ1) is 9.69. The van der Waals surface area contributed by atoms with Crippen molar-refractivity contribution in [3.63, 3.8) is 0 Å². The number of nitrogens with zero attached hydrogens (tertiary/aromatic N) is 2. The zero-order valence-electron chi connectivity index (χ0n) is 13.1. The van der Waals surface area contributed by atoms with Gasteiger partial charge in [0.15, 0.2) is 5.82 Å². The van der Waals surface area contributed by atoms with Gasteiger partial charge in [-0.25, -0.2) is 8.42 Å². The first-order valence-electron chi connectivity index (χ1n) is 7.72. The largest absolute Gasteiger partial charge is 0.339 e. The fourth-order valence-corrected chi connectivity index (χ4v) is 4.83. The normalized spacial score (nSPS) is 26.9. The summed E-state index contributed by atoms with van der Waals surface area (Å²) < 4.78 is 28.5. The van der Waals surface area contributed by atoms with Gasteiger partial charge in [0.25, 0.3) is 0 Å². The van der Waals surface area contributed by atoms with E-state index in [0.29, 0.717) is 11.5 Å². The minimum absolute atomic E-state index is 0.124. The average molecular weight is 312 g/mol. The van der Waals surface area contributed by atoms with Crippen LogP contribution in [0.25, 0.3) is 0 Å². The summed E-state index contributed by atoms with van der Waals surface area (Å²) in [7, 11) is -2.81. The quantitative estimate of drug-likeness (QED) is 0.858. The minimum Gasteiger partial charge on any atom is -0.339 e. The fourth-order valence-electron chi connectivity index (χ4n) is 3.19. The molecule has 1 aromatic heterocycles. The molecular formula is C15H24N2O3S. The summed E-state index contributed by atoms with van der Waals surface area (Å²) in [6, 6.07) is 0. The zero-order chi connectivity index (χ0) is 15.3. The van der Waals surface area contributed by atoms with Crippen molar-refractivity contribution in [3.8, 4) is 0 Å². The van der Waals surface area contributed by atoms with Gasteiger partial charge >= 0.3 is 0 Å². The lowest BCUT2D eigenvalue weighted by atomic mass is 9.90. The Labute approximate surface area is 126 Å². The highest BCUT2D eigenvalue weighted by molar-refractivity contribution is 7.91. The topological polar surface area (TPSA) is 73.1 Å². The number of rotatable bonds is 3. The molecule has 0 amide bonds. The number of aryl methyl sites for hydroxylation is 1. The molecule has 1 aromatic rings. The first kappa shape index (κ1) is 15.0. The predicted molar refractivity (Wildman–Crippen MR) is 79.8 cm³/mol. The maximum Gasteiger partial charge on any atom is 0.230 e. The molecule has 2 heterocycles. The summed E-state index contributed by atoms with van der Waals surface area (Å²) in [6.07, 6.45) is 4.37. The van der Waals surface area contributed by atoms with Crippen LogP contribution in [0.1, 0.15) is 64.1 Å². The van der Waals surface area contributed by atoms with Crippen LogP contribution in [-0.2, 0) is 16.3 Å². The summed E-state index contributed by atoms with van der Waals surface area (Å²) in [5, 5.41) is 4.08. The molecule has 118 valence electrons. The van der Waals surface area contributed by atoms with Crippen molar-refractivity contribution < 1.29 is 12.9 Å². The molecule has 1 aliphatic carbocycles. The first-order valence-corrected chi connectivity index (χ1v) is 9.54. The van der Waals surface area contributed by atoms with E-state index in [-0.39, 0.29) is 16.7 Å². The molecule has 0 bridgehead atoms. The van der Waals surface area contributed by atoms with Crippen LogP contribution in [0, 0.1) is 10.8 Å². The van der Waals surface area contributed by atoms with Crippen molar-refractivity contribution in [2.45, 2.75) is 58.8 Å². The Hall–Kier alpha value is -0.910. The van der Waals surface area contributed by atoms with Crippen LogP contribution in [-0.4, -0.2) is 30.1 Å². The van der Waals surface area contributed by atoms with Gasteiger partial charge in [0.1, 0.15) is 9.84 Å². The van der Waals surface area contributed by atoms with Crippen molar-refractivity contribution in [2.24, 2.45) is 10.8 Å². The van der Waals surface area contributed by atoms with Crippen molar-refractivity contribution in [3.05, 3.63) is 11.7 Å². The van der Waals surface area contributed by atoms with Crippen LogP contribution in [0.4, 0.5) is 0 Å². The van der Waals surface area contributed by atoms with Crippen molar-refractivity contribution in [2.75, 3.05) is 11.5 Å². The molecule has 5 nitrogen and oxygen atoms in total. The van der Waals surface area contributed by atoms with Crippen LogP contribution in [0.3, 0.4) is 0 Å². The van der Waals surface area contributed by atoms with Crippen molar-refractivity contribution >= 4 is 9.84 Å². The van der Waals surface area contributed by atoms with Gasteiger partial charge in [-0.2, -0.15) is 4.98 Å². The second-order valence-corrected chi connectivity index (χ2v) is 10.2. The zero-order valence-corrected chi connectivity index (χ0v) is 13.9. The van der Waals surface area contributed by atoms with Gasteiger partial charge in [0.05, 0.1) is 11.5 Å². The van der Waals surface area contributed by atoms with E-state index in [4.69, 9.17) is 4.52 Å². The van der Waals surface area contributed by atoms with E-state index in [1.165, 1.54) is 0 Å². The lowest BCUT2D eigenvalue weighted by molar-refractivity contribution is 0.339. The second-order valence-electron chi connectivity index (χ2n) is 7.88. The maximum atomic E-state index is 11.5. The highest BCUT2D eigenvalue weighted by atomic mass is 32.2. The van der Waals surface area contributed by atoms with Gasteiger partial charge in [-0.05, 0) is 36.5 Å². The molecule has 1 saturated carbocycles. The highest BCUT2D eigenvalue weighted by Crippen LogP contribution is 2.64. The molecule has 1 saturated heterocycles. The van der Waals surface area contributed by atoms with Gasteiger partial charge < -0.3 is 4.52 Å². The molecule has 0 aromatic carbocycles. The third-order valence-corrected chi connectivity index (χ3v) is 6.54. The SMILES string of the molecule is CC(C)(C)CCc1noc(C2CC23CCS(=O)(=O)CC3)n1. The minimum atomic E-state index is -2.81. The van der Waals surface area contributed by atoms with Gasteiger partial charge in [0, 0.05) is 12.3 Å². The van der Waals surface area contributed by atoms with Crippen LogP contribution < -0.4 is 0 Å². The van der Waals surface area contributed by atoms with Crippen LogP contribution >= 0.6 is 0 Å². The summed E-state index contributed by atoms with van der Waals surface area (Å²) in [5.41, 5.74) is 0.387. The van der Waals surface area contributed by atoms with Crippen LogP contribution in [0.5, 0.6) is 0 Å². The Kier molecular flexibility index (Phi) is 3.43. The summed E-state index contributed by atoms with van der Waals surface area (Å²) in [5.74, 6) is 2.41. The number of hydrogen-bond donors (Lipinski definition) is 0. The van der Waals surface area contributed by atoms with E-state index in [1.807, 2.05) is 0 Å². The Bertz CT molecular complexity index is 614. The summed E-state index contributed by atoms with van der Waals surface area (Å²) in [4.78, 5) is 4.53. The van der Waals surface area contributed by atoms with Gasteiger partial charge in [-0.1, -0.05) is 25.9 Å². The van der Waals surface area contributed by atoms with Crippen LogP contribution in [0.15, 0.2) is 4.52 Å². The number of sulfone groups is 1. The monoisotopic (exact) mass is 312 g/mol. The van der Waals surface area contributed by atoms with Gasteiger partial charge in [-0.3, -0.25) is 0 Å². The van der Waals surface area contributed by atoms with Gasteiger partial charge in [-0.15, -0.1) is 0 Å². The smallest absolute Gasteiger partial charge is 0.230 e. The fraction of sp³-hybridized carbons (Fsp3) is 0.867. The highest BCUT2D eigenvalue weighted by Gasteiger charge is 2.59. The molecule has 3 rings (SSSR count). The molecule has 0 N–H and O–H groups in total. The third-order valence-electron chi connectivity index (χ3n) is 4.89. The molecule has 0 radical (unpaired) electrons. The van der Waals surface area contributed by atoms with E-state index in [2.05, 4.69) is 30.9 Å². The molecule has 2 fully saturated rings. The van der Waals surface area contributed by atoms with Crippen molar-refractivity contribution in [1.29, 1.82) is 0 Å². The maximum absolute atomic E-state index is 11.5. The van der Waals surface area contributed by atoms with Crippen molar-refractivity contribution in [1.82, 2.24) is 10.1 Å². The molecule has 6 heteroatoms. The van der Waals surface area contributed by atoms with E-state index < -0.39 is 9.84 Å². The van der Waals surface area contributed by atoms with E-state index in [1.54, 1.807) is 0 Å². The molecular weight excluding hydrogens is 288 g/mol. The Morgan fingerprint density at radius 2 is 1.95 bits per heavy atom. The lowest BCUT2D eigenvalue weighted by Gasteiger charge is -2.21.